The molecule has 1 amide bonds. The van der Waals surface area contributed by atoms with Gasteiger partial charge in [-0.1, -0.05) is 11.6 Å². The number of benzene rings is 1. The fourth-order valence-corrected chi connectivity index (χ4v) is 3.30. The lowest BCUT2D eigenvalue weighted by Crippen LogP contribution is -2.26. The predicted octanol–water partition coefficient (Wildman–Crippen LogP) is 3.67. The fraction of sp³-hybridized carbons (Fsp3) is 0.450. The first-order valence-corrected chi connectivity index (χ1v) is 9.21. The van der Waals surface area contributed by atoms with Crippen LogP contribution in [0, 0.1) is 25.2 Å². The molecule has 2 rings (SSSR count). The summed E-state index contributed by atoms with van der Waals surface area (Å²) in [6.07, 6.45) is 1.44. The van der Waals surface area contributed by atoms with Crippen molar-refractivity contribution >= 4 is 17.5 Å². The second-order valence-corrected chi connectivity index (χ2v) is 6.92. The zero-order valence-corrected chi connectivity index (χ0v) is 17.0. The maximum absolute atomic E-state index is 12.6. The molecule has 6 nitrogen and oxygen atoms in total. The van der Waals surface area contributed by atoms with Gasteiger partial charge in [0.05, 0.1) is 31.8 Å². The lowest BCUT2D eigenvalue weighted by atomic mass is 10.1. The number of carbonyl (C=O) groups is 1. The van der Waals surface area contributed by atoms with E-state index in [4.69, 9.17) is 21.6 Å². The van der Waals surface area contributed by atoms with Crippen molar-refractivity contribution in [3.8, 4) is 11.8 Å². The zero-order valence-electron chi connectivity index (χ0n) is 16.3. The number of aromatic nitrogens is 2. The van der Waals surface area contributed by atoms with Gasteiger partial charge < -0.3 is 9.64 Å². The van der Waals surface area contributed by atoms with Crippen LogP contribution in [-0.4, -0.2) is 34.7 Å². The number of ether oxygens (including phenoxy) is 1. The van der Waals surface area contributed by atoms with Crippen LogP contribution in [0.4, 0.5) is 0 Å². The van der Waals surface area contributed by atoms with Gasteiger partial charge in [0, 0.05) is 36.3 Å². The number of hydrogen-bond acceptors (Lipinski definition) is 4. The van der Waals surface area contributed by atoms with Crippen LogP contribution in [0.25, 0.3) is 0 Å². The normalized spacial score (nSPS) is 10.5. The molecule has 0 aliphatic carbocycles. The summed E-state index contributed by atoms with van der Waals surface area (Å²) in [5.74, 6) is 0.755. The lowest BCUT2D eigenvalue weighted by molar-refractivity contribution is -0.130. The molecule has 0 spiro atoms. The van der Waals surface area contributed by atoms with Gasteiger partial charge in [-0.3, -0.25) is 9.48 Å². The van der Waals surface area contributed by atoms with Gasteiger partial charge in [0.15, 0.2) is 0 Å². The molecule has 7 heteroatoms. The highest BCUT2D eigenvalue weighted by Gasteiger charge is 2.16. The Hall–Kier alpha value is -2.52. The molecule has 0 bridgehead atoms. The highest BCUT2D eigenvalue weighted by atomic mass is 35.5. The van der Waals surface area contributed by atoms with Crippen LogP contribution in [0.3, 0.4) is 0 Å². The Bertz CT molecular complexity index is 854. The third-order valence-corrected chi connectivity index (χ3v) is 4.87. The van der Waals surface area contributed by atoms with E-state index >= 15 is 0 Å². The van der Waals surface area contributed by atoms with Crippen LogP contribution in [-0.2, 0) is 24.3 Å². The van der Waals surface area contributed by atoms with Gasteiger partial charge in [-0.05, 0) is 44.0 Å². The molecule has 1 aromatic carbocycles. The first kappa shape index (κ1) is 20.8. The standard InChI is InChI=1S/C20H25ClN4O2/c1-14-18(15(2)25(23-14)11-5-10-22)7-9-20(26)24(3)13-16-12-17(21)6-8-19(16)27-4/h6,8,12H,5,7,9,11,13H2,1-4H3. The van der Waals surface area contributed by atoms with E-state index in [0.29, 0.717) is 43.1 Å². The van der Waals surface area contributed by atoms with E-state index in [1.165, 1.54) is 0 Å². The first-order valence-electron chi connectivity index (χ1n) is 8.83. The number of methoxy groups -OCH3 is 1. The molecular formula is C20H25ClN4O2. The molecule has 0 saturated carbocycles. The van der Waals surface area contributed by atoms with Crippen LogP contribution >= 0.6 is 11.6 Å². The van der Waals surface area contributed by atoms with Crippen molar-refractivity contribution in [1.29, 1.82) is 5.26 Å². The van der Waals surface area contributed by atoms with Gasteiger partial charge in [0.25, 0.3) is 0 Å². The van der Waals surface area contributed by atoms with Crippen LogP contribution in [0.5, 0.6) is 5.75 Å². The topological polar surface area (TPSA) is 71.2 Å². The summed E-state index contributed by atoms with van der Waals surface area (Å²) in [6.45, 7) is 4.93. The smallest absolute Gasteiger partial charge is 0.222 e. The maximum Gasteiger partial charge on any atom is 0.222 e. The minimum atomic E-state index is 0.0422. The predicted molar refractivity (Wildman–Crippen MR) is 105 cm³/mol. The van der Waals surface area contributed by atoms with E-state index in [9.17, 15) is 4.79 Å². The number of carbonyl (C=O) groups excluding carboxylic acids is 1. The van der Waals surface area contributed by atoms with Gasteiger partial charge >= 0.3 is 0 Å². The van der Waals surface area contributed by atoms with E-state index < -0.39 is 0 Å². The van der Waals surface area contributed by atoms with Gasteiger partial charge in [0.2, 0.25) is 5.91 Å². The van der Waals surface area contributed by atoms with Crippen molar-refractivity contribution in [3.05, 3.63) is 45.7 Å². The number of amides is 1. The largest absolute Gasteiger partial charge is 0.496 e. The SMILES string of the molecule is COc1ccc(Cl)cc1CN(C)C(=O)CCc1c(C)nn(CCC#N)c1C. The molecular weight excluding hydrogens is 364 g/mol. The molecule has 0 saturated heterocycles. The summed E-state index contributed by atoms with van der Waals surface area (Å²) >= 11 is 6.06. The van der Waals surface area contributed by atoms with Crippen molar-refractivity contribution in [2.45, 2.75) is 46.2 Å². The van der Waals surface area contributed by atoms with Crippen LogP contribution in [0.1, 0.15) is 35.4 Å². The number of nitriles is 1. The van der Waals surface area contributed by atoms with Crippen LogP contribution in [0.2, 0.25) is 5.02 Å². The average Bonchev–Trinajstić information content (AvgIpc) is 2.91. The maximum atomic E-state index is 12.6. The number of rotatable bonds is 8. The Kier molecular flexibility index (Phi) is 7.26. The number of hydrogen-bond donors (Lipinski definition) is 0. The van der Waals surface area contributed by atoms with Crippen molar-refractivity contribution in [3.63, 3.8) is 0 Å². The molecule has 0 aliphatic heterocycles. The molecule has 0 radical (unpaired) electrons. The van der Waals surface area contributed by atoms with Crippen molar-refractivity contribution < 1.29 is 9.53 Å². The number of nitrogens with zero attached hydrogens (tertiary/aromatic N) is 4. The Morgan fingerprint density at radius 3 is 2.81 bits per heavy atom. The van der Waals surface area contributed by atoms with Gasteiger partial charge in [-0.2, -0.15) is 10.4 Å². The Balaban J connectivity index is 2.01. The molecule has 1 aromatic heterocycles. The summed E-state index contributed by atoms with van der Waals surface area (Å²) < 4.78 is 7.19. The van der Waals surface area contributed by atoms with Crippen molar-refractivity contribution in [1.82, 2.24) is 14.7 Å². The van der Waals surface area contributed by atoms with Crippen molar-refractivity contribution in [2.75, 3.05) is 14.2 Å². The third-order valence-electron chi connectivity index (χ3n) is 4.63. The van der Waals surface area contributed by atoms with Gasteiger partial charge in [-0.25, -0.2) is 0 Å². The molecule has 0 atom stereocenters. The summed E-state index contributed by atoms with van der Waals surface area (Å²) in [5, 5.41) is 13.8. The van der Waals surface area contributed by atoms with E-state index in [0.717, 1.165) is 22.5 Å². The van der Waals surface area contributed by atoms with E-state index in [-0.39, 0.29) is 5.91 Å². The molecule has 0 fully saturated rings. The molecule has 27 heavy (non-hydrogen) atoms. The molecule has 144 valence electrons. The lowest BCUT2D eigenvalue weighted by Gasteiger charge is -2.19. The van der Waals surface area contributed by atoms with Crippen LogP contribution < -0.4 is 4.74 Å². The van der Waals surface area contributed by atoms with Crippen LogP contribution in [0.15, 0.2) is 18.2 Å². The number of aryl methyl sites for hydroxylation is 2. The minimum absolute atomic E-state index is 0.0422. The summed E-state index contributed by atoms with van der Waals surface area (Å²) in [7, 11) is 3.38. The highest BCUT2D eigenvalue weighted by Crippen LogP contribution is 2.24. The van der Waals surface area contributed by atoms with Gasteiger partial charge in [0.1, 0.15) is 5.75 Å². The highest BCUT2D eigenvalue weighted by molar-refractivity contribution is 6.30. The first-order chi connectivity index (χ1) is 12.9. The number of halogens is 1. The van der Waals surface area contributed by atoms with E-state index in [1.807, 2.05) is 24.6 Å². The van der Waals surface area contributed by atoms with Crippen molar-refractivity contribution in [2.24, 2.45) is 0 Å². The summed E-state index contributed by atoms with van der Waals surface area (Å²) in [4.78, 5) is 14.3. The molecule has 0 N–H and O–H groups in total. The monoisotopic (exact) mass is 388 g/mol. The van der Waals surface area contributed by atoms with E-state index in [1.54, 1.807) is 31.2 Å². The third kappa shape index (κ3) is 5.24. The van der Waals surface area contributed by atoms with E-state index in [2.05, 4.69) is 11.2 Å². The Morgan fingerprint density at radius 2 is 2.15 bits per heavy atom. The quantitative estimate of drug-likeness (QED) is 0.691. The molecule has 0 unspecified atom stereocenters. The van der Waals surface area contributed by atoms with Gasteiger partial charge in [-0.15, -0.1) is 0 Å². The molecule has 1 heterocycles. The second kappa shape index (κ2) is 9.43. The summed E-state index contributed by atoms with van der Waals surface area (Å²) in [5.41, 5.74) is 3.89. The Morgan fingerprint density at radius 1 is 1.41 bits per heavy atom. The summed E-state index contributed by atoms with van der Waals surface area (Å²) in [6, 6.07) is 7.52. The zero-order chi connectivity index (χ0) is 20.0. The average molecular weight is 389 g/mol. The molecule has 0 aliphatic rings. The Labute approximate surface area is 165 Å². The second-order valence-electron chi connectivity index (χ2n) is 6.49. The minimum Gasteiger partial charge on any atom is -0.496 e. The molecule has 2 aromatic rings. The fourth-order valence-electron chi connectivity index (χ4n) is 3.11.